The van der Waals surface area contributed by atoms with E-state index in [1.807, 2.05) is 11.8 Å². The second-order valence-corrected chi connectivity index (χ2v) is 7.73. The van der Waals surface area contributed by atoms with E-state index in [1.54, 1.807) is 0 Å². The SMILES string of the molecule is CC1(C)CC(NCC2(O)CCSC2)C(C)(C)O1. The lowest BCUT2D eigenvalue weighted by molar-refractivity contribution is -0.0708. The van der Waals surface area contributed by atoms with E-state index in [-0.39, 0.29) is 11.2 Å². The Kier molecular flexibility index (Phi) is 3.54. The molecule has 0 aromatic rings. The van der Waals surface area contributed by atoms with E-state index >= 15 is 0 Å². The van der Waals surface area contributed by atoms with Gasteiger partial charge in [0.2, 0.25) is 0 Å². The minimum atomic E-state index is -0.506. The summed E-state index contributed by atoms with van der Waals surface area (Å²) in [6.07, 6.45) is 1.91. The Morgan fingerprint density at radius 2 is 2.06 bits per heavy atom. The largest absolute Gasteiger partial charge is 0.388 e. The summed E-state index contributed by atoms with van der Waals surface area (Å²) in [6, 6.07) is 0.326. The van der Waals surface area contributed by atoms with Crippen LogP contribution in [0.4, 0.5) is 0 Å². The maximum atomic E-state index is 10.3. The molecule has 2 N–H and O–H groups in total. The predicted octanol–water partition coefficient (Wildman–Crippen LogP) is 1.79. The van der Waals surface area contributed by atoms with Crippen LogP contribution in [-0.2, 0) is 4.74 Å². The monoisotopic (exact) mass is 259 g/mol. The zero-order chi connectivity index (χ0) is 12.7. The zero-order valence-electron chi connectivity index (χ0n) is 11.4. The van der Waals surface area contributed by atoms with Crippen LogP contribution in [-0.4, -0.2) is 46.0 Å². The van der Waals surface area contributed by atoms with E-state index in [9.17, 15) is 5.11 Å². The number of thioether (sulfide) groups is 1. The first-order valence-electron chi connectivity index (χ1n) is 6.46. The number of hydrogen-bond acceptors (Lipinski definition) is 4. The Bertz CT molecular complexity index is 285. The number of rotatable bonds is 3. The highest BCUT2D eigenvalue weighted by Crippen LogP contribution is 2.37. The van der Waals surface area contributed by atoms with Crippen molar-refractivity contribution in [2.24, 2.45) is 0 Å². The normalized spacial score (nSPS) is 39.7. The summed E-state index contributed by atoms with van der Waals surface area (Å²) in [4.78, 5) is 0. The van der Waals surface area contributed by atoms with Crippen molar-refractivity contribution in [3.63, 3.8) is 0 Å². The topological polar surface area (TPSA) is 41.5 Å². The van der Waals surface area contributed by atoms with Crippen LogP contribution in [0.25, 0.3) is 0 Å². The smallest absolute Gasteiger partial charge is 0.0869 e. The first-order chi connectivity index (χ1) is 7.73. The van der Waals surface area contributed by atoms with Crippen LogP contribution >= 0.6 is 11.8 Å². The van der Waals surface area contributed by atoms with E-state index in [4.69, 9.17) is 4.74 Å². The van der Waals surface area contributed by atoms with Gasteiger partial charge < -0.3 is 15.2 Å². The molecule has 2 fully saturated rings. The van der Waals surface area contributed by atoms with Gasteiger partial charge in [-0.1, -0.05) is 0 Å². The van der Waals surface area contributed by atoms with Crippen LogP contribution in [0.3, 0.4) is 0 Å². The lowest BCUT2D eigenvalue weighted by Gasteiger charge is -2.30. The number of aliphatic hydroxyl groups is 1. The van der Waals surface area contributed by atoms with Gasteiger partial charge in [0.05, 0.1) is 16.8 Å². The van der Waals surface area contributed by atoms with Crippen LogP contribution in [0.5, 0.6) is 0 Å². The molecule has 2 aliphatic heterocycles. The Labute approximate surface area is 109 Å². The summed E-state index contributed by atoms with van der Waals surface area (Å²) < 4.78 is 6.05. The lowest BCUT2D eigenvalue weighted by atomic mass is 9.93. The molecule has 0 bridgehead atoms. The third kappa shape index (κ3) is 3.16. The molecule has 2 unspecified atom stereocenters. The van der Waals surface area contributed by atoms with Crippen molar-refractivity contribution in [2.45, 2.75) is 63.4 Å². The Morgan fingerprint density at radius 1 is 1.35 bits per heavy atom. The fourth-order valence-electron chi connectivity index (χ4n) is 2.93. The van der Waals surface area contributed by atoms with Gasteiger partial charge in [-0.3, -0.25) is 0 Å². The highest BCUT2D eigenvalue weighted by Gasteiger charge is 2.46. The highest BCUT2D eigenvalue weighted by molar-refractivity contribution is 7.99. The van der Waals surface area contributed by atoms with Crippen LogP contribution in [0.15, 0.2) is 0 Å². The van der Waals surface area contributed by atoms with Crippen LogP contribution in [0.1, 0.15) is 40.5 Å². The second-order valence-electron chi connectivity index (χ2n) is 6.63. The standard InChI is InChI=1S/C13H25NO2S/c1-11(2)7-10(12(3,4)16-11)14-8-13(15)5-6-17-9-13/h10,14-15H,5-9H2,1-4H3. The van der Waals surface area contributed by atoms with Gasteiger partial charge >= 0.3 is 0 Å². The van der Waals surface area contributed by atoms with Crippen molar-refractivity contribution in [2.75, 3.05) is 18.1 Å². The molecule has 3 nitrogen and oxygen atoms in total. The van der Waals surface area contributed by atoms with Crippen molar-refractivity contribution in [1.29, 1.82) is 0 Å². The molecule has 2 heterocycles. The Morgan fingerprint density at radius 3 is 2.53 bits per heavy atom. The maximum absolute atomic E-state index is 10.3. The summed E-state index contributed by atoms with van der Waals surface area (Å²) in [5.74, 6) is 1.94. The first kappa shape index (κ1) is 13.7. The zero-order valence-corrected chi connectivity index (χ0v) is 12.2. The van der Waals surface area contributed by atoms with Crippen molar-refractivity contribution < 1.29 is 9.84 Å². The number of hydrogen-bond donors (Lipinski definition) is 2. The van der Waals surface area contributed by atoms with Gasteiger partial charge in [-0.25, -0.2) is 0 Å². The second kappa shape index (κ2) is 4.41. The molecule has 4 heteroatoms. The summed E-state index contributed by atoms with van der Waals surface area (Å²) in [5, 5.41) is 13.8. The van der Waals surface area contributed by atoms with Gasteiger partial charge in [0, 0.05) is 18.3 Å². The summed E-state index contributed by atoms with van der Waals surface area (Å²) in [5.41, 5.74) is -0.715. The molecule has 0 amide bonds. The van der Waals surface area contributed by atoms with Gasteiger partial charge in [-0.05, 0) is 46.3 Å². The number of nitrogens with one attached hydrogen (secondary N) is 1. The molecule has 2 saturated heterocycles. The molecule has 2 atom stereocenters. The molecule has 0 spiro atoms. The lowest BCUT2D eigenvalue weighted by Crippen LogP contribution is -2.50. The molecular formula is C13H25NO2S. The third-order valence-corrected chi connectivity index (χ3v) is 5.07. The summed E-state index contributed by atoms with van der Waals surface area (Å²) >= 11 is 1.84. The predicted molar refractivity (Wildman–Crippen MR) is 72.5 cm³/mol. The van der Waals surface area contributed by atoms with E-state index in [2.05, 4.69) is 33.0 Å². The van der Waals surface area contributed by atoms with E-state index < -0.39 is 5.60 Å². The van der Waals surface area contributed by atoms with Crippen molar-refractivity contribution in [3.8, 4) is 0 Å². The van der Waals surface area contributed by atoms with E-state index in [1.165, 1.54) is 0 Å². The fourth-order valence-corrected chi connectivity index (χ4v) is 4.22. The number of ether oxygens (including phenoxy) is 1. The average Bonchev–Trinajstić information content (AvgIpc) is 2.65. The van der Waals surface area contributed by atoms with Crippen LogP contribution in [0.2, 0.25) is 0 Å². The Hall–Kier alpha value is 0.230. The maximum Gasteiger partial charge on any atom is 0.0869 e. The molecular weight excluding hydrogens is 234 g/mol. The van der Waals surface area contributed by atoms with E-state index in [0.29, 0.717) is 12.6 Å². The fraction of sp³-hybridized carbons (Fsp3) is 1.00. The molecule has 100 valence electrons. The Balaban J connectivity index is 1.91. The molecule has 0 saturated carbocycles. The van der Waals surface area contributed by atoms with Crippen LogP contribution in [0, 0.1) is 0 Å². The molecule has 17 heavy (non-hydrogen) atoms. The summed E-state index contributed by atoms with van der Waals surface area (Å²) in [6.45, 7) is 9.22. The van der Waals surface area contributed by atoms with Gasteiger partial charge in [0.15, 0.2) is 0 Å². The minimum absolute atomic E-state index is 0.0613. The van der Waals surface area contributed by atoms with Gasteiger partial charge in [0.1, 0.15) is 0 Å². The molecule has 0 aromatic carbocycles. The molecule has 2 rings (SSSR count). The molecule has 0 aromatic heterocycles. The van der Waals surface area contributed by atoms with Crippen molar-refractivity contribution in [3.05, 3.63) is 0 Å². The summed E-state index contributed by atoms with van der Waals surface area (Å²) in [7, 11) is 0. The van der Waals surface area contributed by atoms with Gasteiger partial charge in [-0.2, -0.15) is 11.8 Å². The molecule has 0 aliphatic carbocycles. The van der Waals surface area contributed by atoms with Crippen molar-refractivity contribution in [1.82, 2.24) is 5.32 Å². The highest BCUT2D eigenvalue weighted by atomic mass is 32.2. The third-order valence-electron chi connectivity index (χ3n) is 3.83. The minimum Gasteiger partial charge on any atom is -0.388 e. The molecule has 2 aliphatic rings. The van der Waals surface area contributed by atoms with Crippen molar-refractivity contribution >= 4 is 11.8 Å². The first-order valence-corrected chi connectivity index (χ1v) is 7.62. The van der Waals surface area contributed by atoms with Gasteiger partial charge in [0.25, 0.3) is 0 Å². The molecule has 0 radical (unpaired) electrons. The average molecular weight is 259 g/mol. The van der Waals surface area contributed by atoms with E-state index in [0.717, 1.165) is 24.3 Å². The van der Waals surface area contributed by atoms with Crippen LogP contribution < -0.4 is 5.32 Å². The van der Waals surface area contributed by atoms with Gasteiger partial charge in [-0.15, -0.1) is 0 Å². The quantitative estimate of drug-likeness (QED) is 0.811.